The Bertz CT molecular complexity index is 843. The van der Waals surface area contributed by atoms with Crippen LogP contribution in [0.3, 0.4) is 0 Å². The van der Waals surface area contributed by atoms with Gasteiger partial charge in [0.15, 0.2) is 6.10 Å². The molecule has 0 spiro atoms. The van der Waals surface area contributed by atoms with Crippen LogP contribution < -0.4 is 10.6 Å². The van der Waals surface area contributed by atoms with Crippen LogP contribution in [-0.4, -0.2) is 23.9 Å². The van der Waals surface area contributed by atoms with Crippen molar-refractivity contribution in [2.24, 2.45) is 0 Å². The van der Waals surface area contributed by atoms with E-state index in [2.05, 4.69) is 24.5 Å². The van der Waals surface area contributed by atoms with Crippen LogP contribution in [0.15, 0.2) is 30.3 Å². The summed E-state index contributed by atoms with van der Waals surface area (Å²) in [6, 6.07) is 8.56. The van der Waals surface area contributed by atoms with Crippen LogP contribution in [0.5, 0.6) is 0 Å². The quantitative estimate of drug-likeness (QED) is 0.641. The summed E-state index contributed by atoms with van der Waals surface area (Å²) < 4.78 is 5.34. The first-order chi connectivity index (χ1) is 13.3. The first kappa shape index (κ1) is 21.6. The lowest BCUT2D eigenvalue weighted by Gasteiger charge is -2.13. The van der Waals surface area contributed by atoms with Crippen LogP contribution in [0.25, 0.3) is 0 Å². The van der Waals surface area contributed by atoms with Gasteiger partial charge in [0.1, 0.15) is 4.88 Å². The van der Waals surface area contributed by atoms with Gasteiger partial charge in [0.25, 0.3) is 5.91 Å². The number of carbonyl (C=O) groups excluding carboxylic acids is 3. The number of anilines is 2. The van der Waals surface area contributed by atoms with Gasteiger partial charge in [-0.3, -0.25) is 9.59 Å². The first-order valence-electron chi connectivity index (χ1n) is 9.35. The maximum Gasteiger partial charge on any atom is 0.349 e. The normalized spacial score (nSPS) is 11.6. The number of carbonyl (C=O) groups is 3. The van der Waals surface area contributed by atoms with Crippen molar-refractivity contribution in [3.8, 4) is 0 Å². The fourth-order valence-corrected chi connectivity index (χ4v) is 3.90. The van der Waals surface area contributed by atoms with Crippen molar-refractivity contribution in [2.75, 3.05) is 10.6 Å². The fraction of sp³-hybridized carbons (Fsp3) is 0.381. The molecule has 28 heavy (non-hydrogen) atoms. The summed E-state index contributed by atoms with van der Waals surface area (Å²) in [5, 5.41) is 5.35. The predicted molar refractivity (Wildman–Crippen MR) is 112 cm³/mol. The second kappa shape index (κ2) is 10.0. The Labute approximate surface area is 169 Å². The summed E-state index contributed by atoms with van der Waals surface area (Å²) in [6.45, 7) is 7.13. The van der Waals surface area contributed by atoms with Crippen LogP contribution >= 0.6 is 11.3 Å². The van der Waals surface area contributed by atoms with Gasteiger partial charge in [-0.2, -0.15) is 0 Å². The molecule has 0 saturated carbocycles. The van der Waals surface area contributed by atoms with Crippen molar-refractivity contribution < 1.29 is 19.1 Å². The van der Waals surface area contributed by atoms with Crippen LogP contribution in [0.2, 0.25) is 0 Å². The molecule has 1 aromatic carbocycles. The average Bonchev–Trinajstić information content (AvgIpc) is 3.06. The Kier molecular flexibility index (Phi) is 7.75. The molecule has 1 aromatic heterocycles. The highest BCUT2D eigenvalue weighted by Gasteiger charge is 2.21. The van der Waals surface area contributed by atoms with Gasteiger partial charge in [-0.25, -0.2) is 4.79 Å². The van der Waals surface area contributed by atoms with Crippen LogP contribution in [0.4, 0.5) is 11.4 Å². The number of hydrogen-bond donors (Lipinski definition) is 2. The van der Waals surface area contributed by atoms with Crippen molar-refractivity contribution in [1.29, 1.82) is 0 Å². The molecule has 0 bridgehead atoms. The van der Waals surface area contributed by atoms with E-state index in [0.717, 1.165) is 24.8 Å². The lowest BCUT2D eigenvalue weighted by Crippen LogP contribution is -2.29. The summed E-state index contributed by atoms with van der Waals surface area (Å²) in [7, 11) is 0. The van der Waals surface area contributed by atoms with Gasteiger partial charge < -0.3 is 15.4 Å². The molecule has 1 atom stereocenters. The minimum absolute atomic E-state index is 0.167. The van der Waals surface area contributed by atoms with E-state index in [9.17, 15) is 14.4 Å². The molecule has 1 unspecified atom stereocenters. The van der Waals surface area contributed by atoms with Gasteiger partial charge in [-0.1, -0.05) is 20.3 Å². The molecule has 0 aliphatic carbocycles. The lowest BCUT2D eigenvalue weighted by molar-refractivity contribution is -0.123. The summed E-state index contributed by atoms with van der Waals surface area (Å²) in [4.78, 5) is 37.5. The van der Waals surface area contributed by atoms with E-state index in [1.807, 2.05) is 6.07 Å². The minimum atomic E-state index is -0.927. The molecule has 2 amide bonds. The molecule has 2 N–H and O–H groups in total. The summed E-state index contributed by atoms with van der Waals surface area (Å²) in [5.74, 6) is -1.06. The van der Waals surface area contributed by atoms with E-state index >= 15 is 0 Å². The van der Waals surface area contributed by atoms with Crippen molar-refractivity contribution in [3.63, 3.8) is 0 Å². The second-order valence-corrected chi connectivity index (χ2v) is 7.59. The second-order valence-electron chi connectivity index (χ2n) is 6.46. The molecule has 0 aliphatic rings. The van der Waals surface area contributed by atoms with E-state index in [0.29, 0.717) is 16.3 Å². The standard InChI is InChI=1S/C21H26N2O4S/c1-5-7-18-15(6-2)12-19(28-18)21(26)27-13(3)20(25)23-17-10-8-16(9-11-17)22-14(4)24/h8-13H,5-7H2,1-4H3,(H,22,24)(H,23,25). The van der Waals surface area contributed by atoms with Crippen molar-refractivity contribution >= 4 is 40.5 Å². The molecule has 1 heterocycles. The third kappa shape index (κ3) is 5.92. The number of thiophene rings is 1. The maximum absolute atomic E-state index is 12.4. The smallest absolute Gasteiger partial charge is 0.349 e. The SMILES string of the molecule is CCCc1sc(C(=O)OC(C)C(=O)Nc2ccc(NC(C)=O)cc2)cc1CC. The zero-order valence-corrected chi connectivity index (χ0v) is 17.4. The highest BCUT2D eigenvalue weighted by molar-refractivity contribution is 7.14. The molecule has 0 radical (unpaired) electrons. The van der Waals surface area contributed by atoms with E-state index in [1.54, 1.807) is 31.2 Å². The number of benzene rings is 1. The molecule has 150 valence electrons. The Morgan fingerprint density at radius 1 is 1.07 bits per heavy atom. The van der Waals surface area contributed by atoms with Crippen molar-refractivity contribution in [1.82, 2.24) is 0 Å². The number of esters is 1. The molecule has 0 saturated heterocycles. The van der Waals surface area contributed by atoms with Crippen molar-refractivity contribution in [3.05, 3.63) is 45.6 Å². The third-order valence-electron chi connectivity index (χ3n) is 4.08. The molecule has 6 nitrogen and oxygen atoms in total. The molecular weight excluding hydrogens is 376 g/mol. The molecule has 0 aliphatic heterocycles. The number of rotatable bonds is 8. The predicted octanol–water partition coefficient (Wildman–Crippen LogP) is 4.41. The Morgan fingerprint density at radius 2 is 1.68 bits per heavy atom. The third-order valence-corrected chi connectivity index (χ3v) is 5.30. The minimum Gasteiger partial charge on any atom is -0.448 e. The summed E-state index contributed by atoms with van der Waals surface area (Å²) >= 11 is 1.44. The van der Waals surface area contributed by atoms with Gasteiger partial charge in [-0.05, 0) is 55.7 Å². The van der Waals surface area contributed by atoms with Gasteiger partial charge in [0.05, 0.1) is 0 Å². The summed E-state index contributed by atoms with van der Waals surface area (Å²) in [5.41, 5.74) is 2.35. The first-order valence-corrected chi connectivity index (χ1v) is 10.2. The Balaban J connectivity index is 1.96. The molecule has 2 aromatic rings. The van der Waals surface area contributed by atoms with E-state index in [-0.39, 0.29) is 5.91 Å². The summed E-state index contributed by atoms with van der Waals surface area (Å²) in [6.07, 6.45) is 1.89. The topological polar surface area (TPSA) is 84.5 Å². The number of aryl methyl sites for hydroxylation is 2. The highest BCUT2D eigenvalue weighted by atomic mass is 32.1. The monoisotopic (exact) mass is 402 g/mol. The molecule has 7 heteroatoms. The van der Waals surface area contributed by atoms with E-state index in [1.165, 1.54) is 23.1 Å². The largest absolute Gasteiger partial charge is 0.448 e. The zero-order valence-electron chi connectivity index (χ0n) is 16.6. The zero-order chi connectivity index (χ0) is 20.7. The Morgan fingerprint density at radius 3 is 2.21 bits per heavy atom. The van der Waals surface area contributed by atoms with Crippen molar-refractivity contribution in [2.45, 2.75) is 53.1 Å². The van der Waals surface area contributed by atoms with Gasteiger partial charge in [0, 0.05) is 23.2 Å². The number of nitrogens with one attached hydrogen (secondary N) is 2. The van der Waals surface area contributed by atoms with Gasteiger partial charge in [0.2, 0.25) is 5.91 Å². The van der Waals surface area contributed by atoms with Crippen LogP contribution in [-0.2, 0) is 27.2 Å². The van der Waals surface area contributed by atoms with E-state index < -0.39 is 18.0 Å². The lowest BCUT2D eigenvalue weighted by atomic mass is 10.1. The highest BCUT2D eigenvalue weighted by Crippen LogP contribution is 2.25. The van der Waals surface area contributed by atoms with Crippen LogP contribution in [0.1, 0.15) is 54.2 Å². The van der Waals surface area contributed by atoms with Gasteiger partial charge >= 0.3 is 5.97 Å². The fourth-order valence-electron chi connectivity index (χ4n) is 2.66. The number of amides is 2. The number of ether oxygens (including phenoxy) is 1. The van der Waals surface area contributed by atoms with Gasteiger partial charge in [-0.15, -0.1) is 11.3 Å². The van der Waals surface area contributed by atoms with E-state index in [4.69, 9.17) is 4.74 Å². The number of hydrogen-bond acceptors (Lipinski definition) is 5. The Hall–Kier alpha value is -2.67. The molecular formula is C21H26N2O4S. The average molecular weight is 403 g/mol. The molecule has 2 rings (SSSR count). The maximum atomic E-state index is 12.4. The molecule has 0 fully saturated rings. The van der Waals surface area contributed by atoms with Crippen LogP contribution in [0, 0.1) is 0 Å².